The van der Waals surface area contributed by atoms with Gasteiger partial charge in [-0.1, -0.05) is 111 Å². The lowest BCUT2D eigenvalue weighted by Crippen LogP contribution is -2.59. The Morgan fingerprint density at radius 1 is 0.691 bits per heavy atom. The largest absolute Gasteiger partial charge is 0.379 e. The molecule has 8 N–H and O–H groups in total. The Labute approximate surface area is 579 Å². The summed E-state index contributed by atoms with van der Waals surface area (Å²) in [6.45, 7) is 21.9. The van der Waals surface area contributed by atoms with Gasteiger partial charge >= 0.3 is 6.03 Å². The second-order valence-electron chi connectivity index (χ2n) is 28.5. The Morgan fingerprint density at radius 3 is 1.92 bits per heavy atom. The molecule has 2 fully saturated rings. The van der Waals surface area contributed by atoms with Gasteiger partial charge in [0.15, 0.2) is 5.78 Å². The standard InChI is InChI=1S/C74H121N11O12/c1-17-49(8)67(83(14)73(94)65(47(4)5)81-72(93)66(48(6)7)82(12)13)61(96-15)45-63(89)85-39-23-29-58(85)68(97-16)51(10)59(86)44-56(42-53-25-19-18-20-26-53)70(91)77-36-21-27-52-31-33-57(34-32-52)79-71(92)54(28-22-37-78-74(75)95)43-60(87)64(46(2)3)80-62(88)30-24-38-84-40-35-55(41-50(84)9)69(90)76-11/h18-20,25-26,31-34,46-51,54-56,58,61,64-68H,17,21-24,27-30,35-45H2,1-16H3,(H,76,90)(H,77,91)(H,79,92)(H,80,88)(H,81,93)(H3,75,78,95)/t49-,50?,51-,54+,55?,56+,58-,61+,64-,65-,66-,67-,68+/m0/s1. The molecule has 2 aromatic carbocycles. The molecule has 13 atom stereocenters. The van der Waals surface area contributed by atoms with Crippen LogP contribution in [-0.2, 0) is 65.5 Å². The molecule has 4 rings (SSSR count). The Hall–Kier alpha value is -6.82. The maximum absolute atomic E-state index is 14.6. The van der Waals surface area contributed by atoms with Crippen molar-refractivity contribution in [3.05, 3.63) is 65.7 Å². The van der Waals surface area contributed by atoms with Gasteiger partial charge in [-0.05, 0) is 145 Å². The van der Waals surface area contributed by atoms with Crippen molar-refractivity contribution in [2.24, 2.45) is 53.1 Å². The van der Waals surface area contributed by atoms with Gasteiger partial charge in [-0.25, -0.2) is 4.79 Å². The number of carbonyl (C=O) groups excluding carboxylic acids is 10. The highest BCUT2D eigenvalue weighted by atomic mass is 16.5. The van der Waals surface area contributed by atoms with Crippen molar-refractivity contribution in [3.63, 3.8) is 0 Å². The van der Waals surface area contributed by atoms with Gasteiger partial charge in [0.1, 0.15) is 11.8 Å². The average molecular weight is 1360 g/mol. The molecule has 0 radical (unpaired) electrons. The number of rotatable bonds is 42. The van der Waals surface area contributed by atoms with Crippen molar-refractivity contribution in [2.75, 3.05) is 80.5 Å². The van der Waals surface area contributed by atoms with Crippen LogP contribution in [0.15, 0.2) is 54.6 Å². The second kappa shape index (κ2) is 41.6. The molecule has 9 amide bonds. The third-order valence-corrected chi connectivity index (χ3v) is 20.0. The van der Waals surface area contributed by atoms with Crippen LogP contribution in [0.25, 0.3) is 0 Å². The van der Waals surface area contributed by atoms with E-state index in [9.17, 15) is 47.9 Å². The molecule has 23 heteroatoms. The number of hydrogen-bond donors (Lipinski definition) is 7. The summed E-state index contributed by atoms with van der Waals surface area (Å²) in [6.07, 6.45) is 4.89. The van der Waals surface area contributed by atoms with Gasteiger partial charge in [-0.2, -0.15) is 0 Å². The molecule has 2 saturated heterocycles. The van der Waals surface area contributed by atoms with Gasteiger partial charge < -0.3 is 61.8 Å². The molecule has 0 aromatic heterocycles. The maximum Gasteiger partial charge on any atom is 0.312 e. The fourth-order valence-electron chi connectivity index (χ4n) is 14.2. The number of ether oxygens (including phenoxy) is 2. The van der Waals surface area contributed by atoms with Gasteiger partial charge in [0.2, 0.25) is 41.4 Å². The van der Waals surface area contributed by atoms with Crippen LogP contribution >= 0.6 is 0 Å². The van der Waals surface area contributed by atoms with Gasteiger partial charge in [-0.3, -0.25) is 48.1 Å². The number of methoxy groups -OCH3 is 2. The van der Waals surface area contributed by atoms with Crippen LogP contribution in [0.5, 0.6) is 0 Å². The van der Waals surface area contributed by atoms with Crippen LogP contribution in [0, 0.1) is 47.3 Å². The summed E-state index contributed by atoms with van der Waals surface area (Å²) in [5, 5.41) is 17.3. The summed E-state index contributed by atoms with van der Waals surface area (Å²) in [6, 6.07) is 13.4. The van der Waals surface area contributed by atoms with Crippen molar-refractivity contribution in [2.45, 2.75) is 214 Å². The van der Waals surface area contributed by atoms with Gasteiger partial charge in [0.25, 0.3) is 0 Å². The number of likely N-dealkylation sites (tertiary alicyclic amines) is 2. The maximum atomic E-state index is 14.6. The summed E-state index contributed by atoms with van der Waals surface area (Å²) in [5.41, 5.74) is 7.68. The smallest absolute Gasteiger partial charge is 0.312 e. The van der Waals surface area contributed by atoms with Gasteiger partial charge in [0, 0.05) is 103 Å². The number of nitrogens with zero attached hydrogens (tertiary/aromatic N) is 4. The highest BCUT2D eigenvalue weighted by Gasteiger charge is 2.44. The Balaban J connectivity index is 1.37. The lowest BCUT2D eigenvalue weighted by molar-refractivity contribution is -0.148. The van der Waals surface area contributed by atoms with Crippen molar-refractivity contribution in [1.29, 1.82) is 0 Å². The average Bonchev–Trinajstić information content (AvgIpc) is 1.78. The first-order chi connectivity index (χ1) is 46.0. The third kappa shape index (κ3) is 25.8. The number of anilines is 1. The van der Waals surface area contributed by atoms with Crippen LogP contribution < -0.4 is 37.6 Å². The summed E-state index contributed by atoms with van der Waals surface area (Å²) in [4.78, 5) is 144. The lowest BCUT2D eigenvalue weighted by Gasteiger charge is -2.41. The second-order valence-corrected chi connectivity index (χ2v) is 28.5. The minimum absolute atomic E-state index is 0.00701. The lowest BCUT2D eigenvalue weighted by atomic mass is 9.85. The number of nitrogens with two attached hydrogens (primary N) is 1. The number of carbonyl (C=O) groups is 10. The van der Waals surface area contributed by atoms with Crippen LogP contribution in [0.4, 0.5) is 10.5 Å². The first kappa shape index (κ1) is 82.6. The first-order valence-electron chi connectivity index (χ1n) is 35.6. The molecular weight excluding hydrogens is 1230 g/mol. The highest BCUT2D eigenvalue weighted by Crippen LogP contribution is 2.32. The topological polar surface area (TPSA) is 300 Å². The van der Waals surface area contributed by atoms with E-state index >= 15 is 0 Å². The Bertz CT molecular complexity index is 2830. The normalized spacial score (nSPS) is 19.0. The minimum Gasteiger partial charge on any atom is -0.379 e. The van der Waals surface area contributed by atoms with Gasteiger partial charge in [-0.15, -0.1) is 0 Å². The predicted octanol–water partition coefficient (Wildman–Crippen LogP) is 6.93. The van der Waals surface area contributed by atoms with E-state index in [4.69, 9.17) is 15.2 Å². The highest BCUT2D eigenvalue weighted by molar-refractivity contribution is 5.97. The molecule has 2 heterocycles. The van der Waals surface area contributed by atoms with Crippen molar-refractivity contribution in [3.8, 4) is 0 Å². The Morgan fingerprint density at radius 2 is 1.34 bits per heavy atom. The molecule has 2 aliphatic rings. The zero-order valence-corrected chi connectivity index (χ0v) is 61.3. The number of ketones is 2. The number of urea groups is 1. The SMILES string of the molecule is CC[C@H](C)[C@@H]([C@@H](CC(=O)N1CCC[C@H]1[C@H](OC)[C@@H](C)C(=O)C[C@@H](Cc1ccccc1)C(=O)NCCCc1ccc(NC(=O)[C@H](CCCNC(N)=O)CC(=O)[C@@H](NC(=O)CCCN2CCC(C(=O)NC)CC2C)C(C)C)cc1)OC)N(C)C(=O)[C@@H](NC(=O)[C@H](C(C)C)N(C)C)C(C)C. The number of nitrogens with one attached hydrogen (secondary N) is 6. The molecule has 0 bridgehead atoms. The molecule has 23 nitrogen and oxygen atoms in total. The van der Waals surface area contributed by atoms with E-state index in [1.54, 1.807) is 57.2 Å². The molecule has 0 spiro atoms. The van der Waals surface area contributed by atoms with Gasteiger partial charge in [0.05, 0.1) is 42.8 Å². The summed E-state index contributed by atoms with van der Waals surface area (Å²) < 4.78 is 12.3. The summed E-state index contributed by atoms with van der Waals surface area (Å²) >= 11 is 0. The molecule has 97 heavy (non-hydrogen) atoms. The monoisotopic (exact) mass is 1360 g/mol. The zero-order valence-electron chi connectivity index (χ0n) is 61.3. The number of benzene rings is 2. The molecule has 0 saturated carbocycles. The molecule has 2 aromatic rings. The van der Waals surface area contributed by atoms with E-state index < -0.39 is 66.2 Å². The molecule has 0 aliphatic carbocycles. The van der Waals surface area contributed by atoms with Crippen LogP contribution in [-0.4, -0.2) is 202 Å². The van der Waals surface area contributed by atoms with E-state index in [0.717, 1.165) is 30.5 Å². The van der Waals surface area contributed by atoms with Crippen LogP contribution in [0.3, 0.4) is 0 Å². The molecule has 544 valence electrons. The van der Waals surface area contributed by atoms with Crippen molar-refractivity contribution in [1.82, 2.24) is 46.2 Å². The van der Waals surface area contributed by atoms with E-state index in [1.807, 2.05) is 117 Å². The van der Waals surface area contributed by atoms with Crippen molar-refractivity contribution >= 4 is 64.6 Å². The molecule has 2 aliphatic heterocycles. The summed E-state index contributed by atoms with van der Waals surface area (Å²) in [7, 11) is 10.2. The fraction of sp³-hybridized carbons (Fsp3) is 0.703. The van der Waals surface area contributed by atoms with E-state index in [1.165, 1.54) is 0 Å². The number of amides is 9. The number of piperidine rings is 1. The third-order valence-electron chi connectivity index (χ3n) is 20.0. The number of primary amides is 1. The van der Waals surface area contributed by atoms with E-state index in [0.29, 0.717) is 76.7 Å². The number of aryl methyl sites for hydroxylation is 1. The quantitative estimate of drug-likeness (QED) is 0.0332. The fourth-order valence-corrected chi connectivity index (χ4v) is 14.2. The van der Waals surface area contributed by atoms with Crippen molar-refractivity contribution < 1.29 is 57.4 Å². The minimum atomic E-state index is -0.813. The first-order valence-corrected chi connectivity index (χ1v) is 35.6. The molecular formula is C74H121N11O12. The zero-order chi connectivity index (χ0) is 72.2. The van der Waals surface area contributed by atoms with Crippen LogP contribution in [0.1, 0.15) is 164 Å². The summed E-state index contributed by atoms with van der Waals surface area (Å²) in [5.74, 6) is -4.64. The number of Topliss-reactive ketones (excluding diaryl/α,β-unsaturated/α-hetero) is 2. The van der Waals surface area contributed by atoms with E-state index in [-0.39, 0.29) is 127 Å². The predicted molar refractivity (Wildman–Crippen MR) is 379 cm³/mol. The van der Waals surface area contributed by atoms with Crippen LogP contribution in [0.2, 0.25) is 0 Å². The number of hydrogen-bond acceptors (Lipinski definition) is 14. The van der Waals surface area contributed by atoms with E-state index in [2.05, 4.69) is 43.7 Å². The number of likely N-dealkylation sites (N-methyl/N-ethyl adjacent to an activating group) is 2. The molecule has 2 unspecified atom stereocenters. The Kier molecular flexibility index (Phi) is 35.4.